The standard InChI is InChI=1S/C31H40ClFN4O3/c1-30(2,3)27(37(26(38)17-32)20-24(33)18-34-29(39)40-31(4,5)6)28-35-25(23-15-11-8-12-16-23)21-36(28)19-22-13-9-7-10-14-22/h7-16,21,24,27H,17-20H2,1-6H3,(H,34,39)/t24-,27+/m1/s1. The number of hydrogen-bond donors (Lipinski definition) is 1. The topological polar surface area (TPSA) is 76.5 Å². The van der Waals surface area contributed by atoms with Crippen molar-refractivity contribution in [3.8, 4) is 11.3 Å². The first-order chi connectivity index (χ1) is 18.8. The van der Waals surface area contributed by atoms with Gasteiger partial charge in [-0.05, 0) is 31.7 Å². The van der Waals surface area contributed by atoms with E-state index in [0.717, 1.165) is 16.8 Å². The summed E-state index contributed by atoms with van der Waals surface area (Å²) in [6.45, 7) is 11.1. The van der Waals surface area contributed by atoms with Crippen LogP contribution in [0.4, 0.5) is 9.18 Å². The Balaban J connectivity index is 2.00. The van der Waals surface area contributed by atoms with E-state index in [0.29, 0.717) is 12.4 Å². The van der Waals surface area contributed by atoms with Crippen LogP contribution in [0.1, 0.15) is 59.0 Å². The smallest absolute Gasteiger partial charge is 0.407 e. The van der Waals surface area contributed by atoms with E-state index in [-0.39, 0.29) is 19.0 Å². The van der Waals surface area contributed by atoms with Gasteiger partial charge in [0.05, 0.1) is 24.8 Å². The highest BCUT2D eigenvalue weighted by Gasteiger charge is 2.39. The number of carbonyl (C=O) groups is 2. The minimum atomic E-state index is -1.56. The van der Waals surface area contributed by atoms with Crippen LogP contribution >= 0.6 is 11.6 Å². The maximum absolute atomic E-state index is 15.4. The van der Waals surface area contributed by atoms with Gasteiger partial charge in [-0.25, -0.2) is 14.2 Å². The number of halogens is 2. The summed E-state index contributed by atoms with van der Waals surface area (Å²) in [6, 6.07) is 19.1. The average molecular weight is 571 g/mol. The van der Waals surface area contributed by atoms with Gasteiger partial charge in [-0.3, -0.25) is 4.79 Å². The van der Waals surface area contributed by atoms with Crippen molar-refractivity contribution >= 4 is 23.6 Å². The van der Waals surface area contributed by atoms with Crippen molar-refractivity contribution < 1.29 is 18.7 Å². The lowest BCUT2D eigenvalue weighted by molar-refractivity contribution is -0.135. The number of amides is 2. The van der Waals surface area contributed by atoms with Gasteiger partial charge in [-0.15, -0.1) is 11.6 Å². The number of carbonyl (C=O) groups excluding carboxylic acids is 2. The van der Waals surface area contributed by atoms with Crippen LogP contribution < -0.4 is 5.32 Å². The second-order valence-corrected chi connectivity index (χ2v) is 12.2. The number of rotatable bonds is 10. The lowest BCUT2D eigenvalue weighted by atomic mass is 9.84. The zero-order valence-corrected chi connectivity index (χ0v) is 24.9. The lowest BCUT2D eigenvalue weighted by Gasteiger charge is -2.40. The molecule has 0 radical (unpaired) electrons. The normalized spacial score (nSPS) is 13.4. The Labute approximate surface area is 241 Å². The zero-order chi connectivity index (χ0) is 29.5. The van der Waals surface area contributed by atoms with Crippen LogP contribution in [0, 0.1) is 5.41 Å². The Bertz CT molecular complexity index is 1250. The molecule has 3 rings (SSSR count). The maximum atomic E-state index is 15.4. The Morgan fingerprint density at radius 1 is 1.02 bits per heavy atom. The molecule has 0 bridgehead atoms. The molecule has 40 heavy (non-hydrogen) atoms. The van der Waals surface area contributed by atoms with Crippen LogP contribution in [0.2, 0.25) is 0 Å². The first kappa shape index (κ1) is 31.1. The van der Waals surface area contributed by atoms with E-state index in [1.807, 2.05) is 92.2 Å². The molecule has 0 spiro atoms. The number of aromatic nitrogens is 2. The van der Waals surface area contributed by atoms with Crippen LogP contribution in [0.25, 0.3) is 11.3 Å². The fourth-order valence-electron chi connectivity index (χ4n) is 4.51. The summed E-state index contributed by atoms with van der Waals surface area (Å²) in [5.41, 5.74) is 1.51. The Morgan fingerprint density at radius 3 is 2.17 bits per heavy atom. The SMILES string of the molecule is CC(C)(C)OC(=O)NC[C@@H](F)CN(C(=O)CCl)[C@@H](c1nc(-c2ccccc2)cn1Cc1ccccc1)C(C)(C)C. The second kappa shape index (κ2) is 13.3. The molecule has 0 saturated heterocycles. The van der Waals surface area contributed by atoms with Crippen molar-refractivity contribution in [1.29, 1.82) is 0 Å². The molecule has 0 fully saturated rings. The molecule has 0 unspecified atom stereocenters. The first-order valence-electron chi connectivity index (χ1n) is 13.4. The lowest BCUT2D eigenvalue weighted by Crippen LogP contribution is -2.48. The highest BCUT2D eigenvalue weighted by atomic mass is 35.5. The number of alkyl halides is 2. The summed E-state index contributed by atoms with van der Waals surface area (Å²) in [4.78, 5) is 31.8. The molecule has 2 amide bonds. The molecule has 7 nitrogen and oxygen atoms in total. The molecule has 0 aliphatic carbocycles. The van der Waals surface area contributed by atoms with Crippen molar-refractivity contribution in [1.82, 2.24) is 19.8 Å². The van der Waals surface area contributed by atoms with Gasteiger partial charge in [0.2, 0.25) is 5.91 Å². The molecular weight excluding hydrogens is 531 g/mol. The van der Waals surface area contributed by atoms with Crippen LogP contribution in [-0.2, 0) is 16.1 Å². The van der Waals surface area contributed by atoms with E-state index in [4.69, 9.17) is 21.3 Å². The van der Waals surface area contributed by atoms with Crippen molar-refractivity contribution in [3.05, 3.63) is 78.2 Å². The second-order valence-electron chi connectivity index (χ2n) is 11.9. The van der Waals surface area contributed by atoms with E-state index in [9.17, 15) is 9.59 Å². The largest absolute Gasteiger partial charge is 0.444 e. The Morgan fingerprint density at radius 2 is 1.62 bits per heavy atom. The molecule has 2 aromatic carbocycles. The molecule has 216 valence electrons. The van der Waals surface area contributed by atoms with Gasteiger partial charge in [0.15, 0.2) is 0 Å². The van der Waals surface area contributed by atoms with Crippen molar-refractivity contribution in [2.45, 2.75) is 65.9 Å². The maximum Gasteiger partial charge on any atom is 0.407 e. The van der Waals surface area contributed by atoms with E-state index in [2.05, 4.69) is 5.32 Å². The van der Waals surface area contributed by atoms with Gasteiger partial charge >= 0.3 is 6.09 Å². The van der Waals surface area contributed by atoms with Crippen molar-refractivity contribution in [2.75, 3.05) is 19.0 Å². The fraction of sp³-hybridized carbons (Fsp3) is 0.452. The Hall–Kier alpha value is -3.39. The van der Waals surface area contributed by atoms with Gasteiger partial charge < -0.3 is 19.5 Å². The zero-order valence-electron chi connectivity index (χ0n) is 24.2. The molecule has 1 heterocycles. The molecule has 0 aliphatic heterocycles. The van der Waals surface area contributed by atoms with Crippen LogP contribution in [-0.4, -0.2) is 57.2 Å². The molecular formula is C31H40ClFN4O3. The number of ether oxygens (including phenoxy) is 1. The number of imidazole rings is 1. The summed E-state index contributed by atoms with van der Waals surface area (Å²) < 4.78 is 22.6. The van der Waals surface area contributed by atoms with Crippen molar-refractivity contribution in [2.24, 2.45) is 5.41 Å². The van der Waals surface area contributed by atoms with E-state index in [1.54, 1.807) is 20.8 Å². The third kappa shape index (κ3) is 8.81. The van der Waals surface area contributed by atoms with Crippen LogP contribution in [0.15, 0.2) is 66.9 Å². The average Bonchev–Trinajstić information content (AvgIpc) is 3.28. The third-order valence-electron chi connectivity index (χ3n) is 6.15. The van der Waals surface area contributed by atoms with Gasteiger partial charge in [0.1, 0.15) is 23.5 Å². The highest BCUT2D eigenvalue weighted by Crippen LogP contribution is 2.39. The van der Waals surface area contributed by atoms with Gasteiger partial charge in [-0.2, -0.15) is 0 Å². The summed E-state index contributed by atoms with van der Waals surface area (Å²) in [5, 5.41) is 2.46. The predicted molar refractivity (Wildman–Crippen MR) is 157 cm³/mol. The fourth-order valence-corrected chi connectivity index (χ4v) is 4.67. The number of nitrogens with one attached hydrogen (secondary N) is 1. The molecule has 0 saturated carbocycles. The molecule has 3 aromatic rings. The molecule has 1 N–H and O–H groups in total. The monoisotopic (exact) mass is 570 g/mol. The summed E-state index contributed by atoms with van der Waals surface area (Å²) in [5.74, 6) is -0.109. The highest BCUT2D eigenvalue weighted by molar-refractivity contribution is 6.27. The molecule has 0 aliphatic rings. The van der Waals surface area contributed by atoms with E-state index < -0.39 is 35.2 Å². The first-order valence-corrected chi connectivity index (χ1v) is 13.9. The quantitative estimate of drug-likeness (QED) is 0.278. The number of alkyl carbamates (subject to hydrolysis) is 1. The van der Waals surface area contributed by atoms with Crippen LogP contribution in [0.3, 0.4) is 0 Å². The summed E-state index contributed by atoms with van der Waals surface area (Å²) in [6.07, 6.45) is -0.309. The summed E-state index contributed by atoms with van der Waals surface area (Å²) >= 11 is 6.05. The number of benzene rings is 2. The number of nitrogens with zero attached hydrogens (tertiary/aromatic N) is 3. The third-order valence-corrected chi connectivity index (χ3v) is 6.37. The van der Waals surface area contributed by atoms with Crippen LogP contribution in [0.5, 0.6) is 0 Å². The van der Waals surface area contributed by atoms with Crippen molar-refractivity contribution in [3.63, 3.8) is 0 Å². The van der Waals surface area contributed by atoms with E-state index in [1.165, 1.54) is 4.90 Å². The van der Waals surface area contributed by atoms with Gasteiger partial charge in [-0.1, -0.05) is 81.4 Å². The summed E-state index contributed by atoms with van der Waals surface area (Å²) in [7, 11) is 0. The minimum Gasteiger partial charge on any atom is -0.444 e. The van der Waals surface area contributed by atoms with Gasteiger partial charge in [0.25, 0.3) is 0 Å². The van der Waals surface area contributed by atoms with Gasteiger partial charge in [0, 0.05) is 18.3 Å². The predicted octanol–water partition coefficient (Wildman–Crippen LogP) is 6.62. The minimum absolute atomic E-state index is 0.276. The van der Waals surface area contributed by atoms with E-state index >= 15 is 4.39 Å². The Kier molecular flexibility index (Phi) is 10.4. The molecule has 9 heteroatoms. The number of hydrogen-bond acceptors (Lipinski definition) is 4. The molecule has 1 aromatic heterocycles. The molecule has 2 atom stereocenters.